The Morgan fingerprint density at radius 3 is 2.14 bits per heavy atom. The molecule has 0 bridgehead atoms. The van der Waals surface area contributed by atoms with Gasteiger partial charge in [-0.2, -0.15) is 0 Å². The summed E-state index contributed by atoms with van der Waals surface area (Å²) in [7, 11) is 3.15. The molecule has 1 aliphatic carbocycles. The molecule has 4 nitrogen and oxygen atoms in total. The van der Waals surface area contributed by atoms with Gasteiger partial charge in [0.25, 0.3) is 5.91 Å². The second kappa shape index (κ2) is 7.16. The maximum Gasteiger partial charge on any atom is 0.251 e. The van der Waals surface area contributed by atoms with E-state index >= 15 is 0 Å². The van der Waals surface area contributed by atoms with Crippen molar-refractivity contribution in [1.82, 2.24) is 5.32 Å². The Balaban J connectivity index is 2.11. The number of ether oxygens (including phenoxy) is 2. The second-order valence-electron chi connectivity index (χ2n) is 5.63. The molecule has 0 radical (unpaired) electrons. The Labute approximate surface area is 134 Å². The molecular weight excluding hydrogens is 334 g/mol. The molecule has 0 heterocycles. The quantitative estimate of drug-likeness (QED) is 0.893. The average molecular weight is 356 g/mol. The minimum atomic E-state index is -0.0707. The third-order valence-electron chi connectivity index (χ3n) is 4.06. The molecule has 1 aromatic rings. The molecule has 1 aromatic carbocycles. The van der Waals surface area contributed by atoms with Crippen molar-refractivity contribution in [2.24, 2.45) is 5.92 Å². The van der Waals surface area contributed by atoms with Crippen LogP contribution >= 0.6 is 15.9 Å². The van der Waals surface area contributed by atoms with E-state index < -0.39 is 0 Å². The zero-order chi connectivity index (χ0) is 15.4. The van der Waals surface area contributed by atoms with Crippen LogP contribution in [-0.2, 0) is 0 Å². The van der Waals surface area contributed by atoms with Crippen molar-refractivity contribution in [2.45, 2.75) is 38.6 Å². The summed E-state index contributed by atoms with van der Waals surface area (Å²) in [5.41, 5.74) is 0.561. The van der Waals surface area contributed by atoms with Gasteiger partial charge in [0.05, 0.1) is 14.2 Å². The van der Waals surface area contributed by atoms with Crippen molar-refractivity contribution in [1.29, 1.82) is 0 Å². The highest BCUT2D eigenvalue weighted by atomic mass is 79.9. The van der Waals surface area contributed by atoms with Gasteiger partial charge in [-0.25, -0.2) is 0 Å². The lowest BCUT2D eigenvalue weighted by atomic mass is 9.87. The first-order valence-corrected chi connectivity index (χ1v) is 8.06. The van der Waals surface area contributed by atoms with Gasteiger partial charge in [0, 0.05) is 11.6 Å². The van der Waals surface area contributed by atoms with Crippen molar-refractivity contribution in [3.05, 3.63) is 22.2 Å². The Bertz CT molecular complexity index is 485. The Morgan fingerprint density at radius 1 is 1.14 bits per heavy atom. The van der Waals surface area contributed by atoms with E-state index in [1.54, 1.807) is 26.4 Å². The zero-order valence-electron chi connectivity index (χ0n) is 12.7. The predicted molar refractivity (Wildman–Crippen MR) is 86.1 cm³/mol. The summed E-state index contributed by atoms with van der Waals surface area (Å²) in [5.74, 6) is 1.89. The molecule has 0 aromatic heterocycles. The van der Waals surface area contributed by atoms with Gasteiger partial charge in [-0.3, -0.25) is 4.79 Å². The van der Waals surface area contributed by atoms with Crippen LogP contribution in [0.5, 0.6) is 11.5 Å². The summed E-state index contributed by atoms with van der Waals surface area (Å²) in [6.45, 7) is 2.27. The van der Waals surface area contributed by atoms with Crippen LogP contribution in [0, 0.1) is 5.92 Å². The van der Waals surface area contributed by atoms with Crippen LogP contribution in [0.4, 0.5) is 0 Å². The second-order valence-corrected chi connectivity index (χ2v) is 6.42. The summed E-state index contributed by atoms with van der Waals surface area (Å²) in [5, 5.41) is 3.11. The number of hydrogen-bond acceptors (Lipinski definition) is 3. The first-order valence-electron chi connectivity index (χ1n) is 7.27. The van der Waals surface area contributed by atoms with Crippen LogP contribution in [0.3, 0.4) is 0 Å². The van der Waals surface area contributed by atoms with Crippen LogP contribution in [0.15, 0.2) is 16.6 Å². The van der Waals surface area contributed by atoms with E-state index in [1.165, 1.54) is 12.8 Å². The van der Waals surface area contributed by atoms with Crippen LogP contribution < -0.4 is 14.8 Å². The fourth-order valence-electron chi connectivity index (χ4n) is 2.67. The summed E-state index contributed by atoms with van der Waals surface area (Å²) < 4.78 is 11.3. The number of amides is 1. The molecule has 0 unspecified atom stereocenters. The molecule has 1 N–H and O–H groups in total. The number of methoxy groups -OCH3 is 2. The molecule has 0 saturated heterocycles. The van der Waals surface area contributed by atoms with Crippen molar-refractivity contribution >= 4 is 21.8 Å². The SMILES string of the molecule is COc1cc(C(=O)NC2CCC(C)CC2)cc(OC)c1Br. The van der Waals surface area contributed by atoms with Gasteiger partial charge in [0.15, 0.2) is 0 Å². The molecule has 1 fully saturated rings. The van der Waals surface area contributed by atoms with E-state index in [4.69, 9.17) is 9.47 Å². The number of carbonyl (C=O) groups is 1. The van der Waals surface area contributed by atoms with E-state index in [2.05, 4.69) is 28.2 Å². The highest BCUT2D eigenvalue weighted by Gasteiger charge is 2.21. The lowest BCUT2D eigenvalue weighted by molar-refractivity contribution is 0.0922. The highest BCUT2D eigenvalue weighted by Crippen LogP contribution is 2.35. The minimum Gasteiger partial charge on any atom is -0.495 e. The van der Waals surface area contributed by atoms with Crippen LogP contribution in [0.1, 0.15) is 43.0 Å². The summed E-state index contributed by atoms with van der Waals surface area (Å²) in [6, 6.07) is 3.73. The van der Waals surface area contributed by atoms with Crippen molar-refractivity contribution < 1.29 is 14.3 Å². The molecule has 0 aliphatic heterocycles. The van der Waals surface area contributed by atoms with Gasteiger partial charge in [-0.1, -0.05) is 6.92 Å². The first-order chi connectivity index (χ1) is 10.0. The fourth-order valence-corrected chi connectivity index (χ4v) is 3.23. The van der Waals surface area contributed by atoms with E-state index in [9.17, 15) is 4.79 Å². The number of carbonyl (C=O) groups excluding carboxylic acids is 1. The maximum absolute atomic E-state index is 12.4. The minimum absolute atomic E-state index is 0.0707. The normalized spacial score (nSPS) is 21.7. The summed E-state index contributed by atoms with van der Waals surface area (Å²) in [6.07, 6.45) is 4.46. The fraction of sp³-hybridized carbons (Fsp3) is 0.562. The maximum atomic E-state index is 12.4. The third-order valence-corrected chi connectivity index (χ3v) is 4.84. The average Bonchev–Trinajstić information content (AvgIpc) is 2.49. The molecule has 5 heteroatoms. The molecule has 21 heavy (non-hydrogen) atoms. The monoisotopic (exact) mass is 355 g/mol. The summed E-state index contributed by atoms with van der Waals surface area (Å²) in [4.78, 5) is 12.4. The number of halogens is 1. The molecule has 0 atom stereocenters. The molecule has 1 amide bonds. The Kier molecular flexibility index (Phi) is 5.51. The van der Waals surface area contributed by atoms with Gasteiger partial charge >= 0.3 is 0 Å². The van der Waals surface area contributed by atoms with Gasteiger partial charge in [0.1, 0.15) is 16.0 Å². The van der Waals surface area contributed by atoms with Crippen LogP contribution in [-0.4, -0.2) is 26.2 Å². The van der Waals surface area contributed by atoms with Crippen molar-refractivity contribution in [2.75, 3.05) is 14.2 Å². The third kappa shape index (κ3) is 3.90. The van der Waals surface area contributed by atoms with Crippen LogP contribution in [0.25, 0.3) is 0 Å². The first kappa shape index (κ1) is 16.1. The van der Waals surface area contributed by atoms with Crippen LogP contribution in [0.2, 0.25) is 0 Å². The van der Waals surface area contributed by atoms with E-state index in [1.807, 2.05) is 0 Å². The Hall–Kier alpha value is -1.23. The Morgan fingerprint density at radius 2 is 1.67 bits per heavy atom. The van der Waals surface area contributed by atoms with Gasteiger partial charge in [-0.05, 0) is 59.7 Å². The highest BCUT2D eigenvalue weighted by molar-refractivity contribution is 9.10. The van der Waals surface area contributed by atoms with Crippen molar-refractivity contribution in [3.63, 3.8) is 0 Å². The van der Waals surface area contributed by atoms with E-state index in [0.717, 1.165) is 23.2 Å². The number of benzene rings is 1. The lowest BCUT2D eigenvalue weighted by Gasteiger charge is -2.27. The molecule has 0 spiro atoms. The zero-order valence-corrected chi connectivity index (χ0v) is 14.3. The van der Waals surface area contributed by atoms with Gasteiger partial charge < -0.3 is 14.8 Å². The topological polar surface area (TPSA) is 47.6 Å². The van der Waals surface area contributed by atoms with Crippen molar-refractivity contribution in [3.8, 4) is 11.5 Å². The lowest BCUT2D eigenvalue weighted by Crippen LogP contribution is -2.37. The number of hydrogen-bond donors (Lipinski definition) is 1. The van der Waals surface area contributed by atoms with Gasteiger partial charge in [0.2, 0.25) is 0 Å². The molecule has 116 valence electrons. The van der Waals surface area contributed by atoms with E-state index in [-0.39, 0.29) is 11.9 Å². The van der Waals surface area contributed by atoms with E-state index in [0.29, 0.717) is 17.1 Å². The summed E-state index contributed by atoms with van der Waals surface area (Å²) >= 11 is 3.41. The smallest absolute Gasteiger partial charge is 0.251 e. The largest absolute Gasteiger partial charge is 0.495 e. The number of rotatable bonds is 4. The predicted octanol–water partition coefficient (Wildman–Crippen LogP) is 3.77. The molecular formula is C16H22BrNO3. The van der Waals surface area contributed by atoms with Gasteiger partial charge in [-0.15, -0.1) is 0 Å². The standard InChI is InChI=1S/C16H22BrNO3/c1-10-4-6-12(7-5-10)18-16(19)11-8-13(20-2)15(17)14(9-11)21-3/h8-10,12H,4-7H2,1-3H3,(H,18,19). The number of nitrogens with one attached hydrogen (secondary N) is 1. The molecule has 2 rings (SSSR count). The molecule has 1 aliphatic rings. The molecule has 1 saturated carbocycles.